The number of thiazole rings is 1. The van der Waals surface area contributed by atoms with E-state index in [0.29, 0.717) is 11.3 Å². The molecule has 3 rings (SSSR count). The Kier molecular flexibility index (Phi) is 6.63. The van der Waals surface area contributed by atoms with Crippen LogP contribution in [0.1, 0.15) is 12.6 Å². The molecule has 30 heavy (non-hydrogen) atoms. The fourth-order valence-corrected chi connectivity index (χ4v) is 4.94. The zero-order valence-corrected chi connectivity index (χ0v) is 18.1. The number of halogens is 1. The van der Waals surface area contributed by atoms with E-state index in [1.165, 1.54) is 29.2 Å². The Morgan fingerprint density at radius 3 is 2.83 bits per heavy atom. The number of carboxylic acid groups (broad SMARTS) is 1. The van der Waals surface area contributed by atoms with E-state index in [-0.39, 0.29) is 28.1 Å². The fraction of sp³-hybridized carbons (Fsp3) is 0.375. The van der Waals surface area contributed by atoms with Crippen molar-refractivity contribution in [1.82, 2.24) is 15.2 Å². The van der Waals surface area contributed by atoms with Crippen LogP contribution in [-0.4, -0.2) is 74.6 Å². The number of hydrogen-bond donors (Lipinski definition) is 3. The third kappa shape index (κ3) is 4.13. The highest BCUT2D eigenvalue weighted by atomic mass is 35.5. The molecule has 1 unspecified atom stereocenters. The normalized spacial score (nSPS) is 21.0. The van der Waals surface area contributed by atoms with E-state index in [2.05, 4.69) is 20.8 Å². The van der Waals surface area contributed by atoms with E-state index in [4.69, 9.17) is 16.4 Å². The predicted molar refractivity (Wildman–Crippen MR) is 110 cm³/mol. The first-order valence-corrected chi connectivity index (χ1v) is 10.9. The largest absolute Gasteiger partial charge is 0.477 e. The molecule has 3 N–H and O–H groups in total. The maximum Gasteiger partial charge on any atom is 0.352 e. The fourth-order valence-electron chi connectivity index (χ4n) is 2.87. The van der Waals surface area contributed by atoms with Crippen LogP contribution in [0.15, 0.2) is 21.8 Å². The number of aliphatic carboxylic acids is 1. The highest BCUT2D eigenvalue weighted by Crippen LogP contribution is 2.40. The van der Waals surface area contributed by atoms with Crippen LogP contribution in [0.5, 0.6) is 0 Å². The number of oxime groups is 1. The molecule has 1 aromatic rings. The van der Waals surface area contributed by atoms with Gasteiger partial charge in [-0.1, -0.05) is 5.16 Å². The molecule has 2 atom stereocenters. The molecule has 0 aliphatic carbocycles. The first-order chi connectivity index (χ1) is 14.3. The van der Waals surface area contributed by atoms with Crippen LogP contribution >= 0.6 is 34.7 Å². The van der Waals surface area contributed by atoms with Crippen LogP contribution in [-0.2, 0) is 24.0 Å². The lowest BCUT2D eigenvalue weighted by Gasteiger charge is -2.49. The van der Waals surface area contributed by atoms with Crippen LogP contribution in [0.25, 0.3) is 0 Å². The van der Waals surface area contributed by atoms with Crippen LogP contribution in [0.2, 0.25) is 0 Å². The molecule has 0 aromatic carbocycles. The highest BCUT2D eigenvalue weighted by molar-refractivity contribution is 8.00. The van der Waals surface area contributed by atoms with Crippen molar-refractivity contribution in [2.75, 3.05) is 24.1 Å². The number of thioether (sulfide) groups is 1. The van der Waals surface area contributed by atoms with Crippen LogP contribution in [0.4, 0.5) is 5.13 Å². The maximum atomic E-state index is 12.8. The average Bonchev–Trinajstić information content (AvgIpc) is 3.17. The molecular weight excluding hydrogens is 458 g/mol. The summed E-state index contributed by atoms with van der Waals surface area (Å²) in [4.78, 5) is 58.1. The molecule has 0 radical (unpaired) electrons. The Bertz CT molecular complexity index is 977. The summed E-state index contributed by atoms with van der Waals surface area (Å²) in [5, 5.41) is 19.2. The third-order valence-electron chi connectivity index (χ3n) is 4.16. The molecule has 2 aliphatic heterocycles. The van der Waals surface area contributed by atoms with Crippen molar-refractivity contribution in [3.63, 3.8) is 0 Å². The Labute approximate surface area is 183 Å². The molecular formula is C16H16ClN5O6S2. The number of anilines is 1. The second-order valence-corrected chi connectivity index (χ2v) is 8.37. The number of aromatic nitrogens is 1. The Hall–Kier alpha value is -2.64. The molecule has 1 saturated heterocycles. The molecule has 0 bridgehead atoms. The maximum absolute atomic E-state index is 12.8. The second-order valence-electron chi connectivity index (χ2n) is 6.14. The van der Waals surface area contributed by atoms with Gasteiger partial charge in [-0.3, -0.25) is 19.3 Å². The van der Waals surface area contributed by atoms with Gasteiger partial charge in [-0.15, -0.1) is 34.7 Å². The number of carboxylic acids is 1. The first-order valence-electron chi connectivity index (χ1n) is 8.40. The van der Waals surface area contributed by atoms with Gasteiger partial charge in [0.1, 0.15) is 35.8 Å². The average molecular weight is 474 g/mol. The summed E-state index contributed by atoms with van der Waals surface area (Å²) in [6.45, 7) is 1.65. The van der Waals surface area contributed by atoms with Crippen molar-refractivity contribution in [2.24, 2.45) is 5.16 Å². The number of alkyl halides is 1. The highest BCUT2D eigenvalue weighted by Gasteiger charge is 2.54. The van der Waals surface area contributed by atoms with Gasteiger partial charge in [0.25, 0.3) is 11.8 Å². The van der Waals surface area contributed by atoms with E-state index in [1.54, 1.807) is 6.92 Å². The lowest BCUT2D eigenvalue weighted by Crippen LogP contribution is -2.71. The van der Waals surface area contributed by atoms with Gasteiger partial charge in [-0.2, -0.15) is 0 Å². The lowest BCUT2D eigenvalue weighted by molar-refractivity contribution is -0.150. The van der Waals surface area contributed by atoms with Crippen molar-refractivity contribution in [2.45, 2.75) is 18.3 Å². The summed E-state index contributed by atoms with van der Waals surface area (Å²) in [6, 6.07) is -0.916. The molecule has 0 saturated carbocycles. The Balaban J connectivity index is 1.75. The monoisotopic (exact) mass is 473 g/mol. The zero-order chi connectivity index (χ0) is 22.0. The van der Waals surface area contributed by atoms with Crippen molar-refractivity contribution >= 4 is 69.2 Å². The molecule has 11 nitrogen and oxygen atoms in total. The van der Waals surface area contributed by atoms with Crippen LogP contribution in [0, 0.1) is 0 Å². The van der Waals surface area contributed by atoms with Crippen LogP contribution < -0.4 is 10.6 Å². The second kappa shape index (κ2) is 9.02. The molecule has 0 spiro atoms. The lowest BCUT2D eigenvalue weighted by atomic mass is 10.0. The number of nitrogens with zero attached hydrogens (tertiary/aromatic N) is 3. The number of carbonyl (C=O) groups excluding carboxylic acids is 3. The number of fused-ring (bicyclic) bond motifs is 1. The molecule has 1 fully saturated rings. The molecule has 2 aliphatic rings. The number of β-lactam (4-membered cyclic amide) rings is 1. The van der Waals surface area contributed by atoms with Crippen molar-refractivity contribution in [3.8, 4) is 0 Å². The Morgan fingerprint density at radius 2 is 2.20 bits per heavy atom. The van der Waals surface area contributed by atoms with E-state index in [0.717, 1.165) is 11.3 Å². The molecule has 3 amide bonds. The summed E-state index contributed by atoms with van der Waals surface area (Å²) < 4.78 is 0. The molecule has 3 heterocycles. The van der Waals surface area contributed by atoms with Crippen LogP contribution in [0.3, 0.4) is 0 Å². The minimum atomic E-state index is -1.19. The van der Waals surface area contributed by atoms with Crippen molar-refractivity contribution in [3.05, 3.63) is 22.3 Å². The number of hydrogen-bond acceptors (Lipinski definition) is 9. The summed E-state index contributed by atoms with van der Waals surface area (Å²) in [7, 11) is 1.25. The first kappa shape index (κ1) is 22.1. The Morgan fingerprint density at radius 1 is 1.47 bits per heavy atom. The topological polar surface area (TPSA) is 150 Å². The van der Waals surface area contributed by atoms with Gasteiger partial charge >= 0.3 is 5.97 Å². The van der Waals surface area contributed by atoms with Gasteiger partial charge in [0.05, 0.1) is 0 Å². The van der Waals surface area contributed by atoms with Crippen molar-refractivity contribution in [1.29, 1.82) is 0 Å². The van der Waals surface area contributed by atoms with Gasteiger partial charge in [0.2, 0.25) is 5.91 Å². The number of amides is 3. The summed E-state index contributed by atoms with van der Waals surface area (Å²) in [5.74, 6) is -2.72. The SMILES string of the molecule is CON=C(C(=O)NC1C(=O)N2C(C(=O)O)=C(C)CS[C@H]12)c1csc(NC(=O)CCl)n1. The van der Waals surface area contributed by atoms with Gasteiger partial charge in [-0.25, -0.2) is 9.78 Å². The zero-order valence-electron chi connectivity index (χ0n) is 15.7. The van der Waals surface area contributed by atoms with E-state index in [9.17, 15) is 24.3 Å². The standard InChI is InChI=1S/C16H16ClN5O6S2/c1-6-4-29-14-10(13(25)22(14)11(6)15(26)27)20-12(24)9(21-28-2)7-5-30-16(18-7)19-8(23)3-17/h5,10,14H,3-4H2,1-2H3,(H,20,24)(H,26,27)(H,18,19,23)/t10?,14-/m1/s1. The predicted octanol–water partition coefficient (Wildman–Crippen LogP) is 0.429. The number of carbonyl (C=O) groups is 4. The third-order valence-corrected chi connectivity index (χ3v) is 6.58. The molecule has 160 valence electrons. The summed E-state index contributed by atoms with van der Waals surface area (Å²) in [5.41, 5.74) is 0.459. The minimum absolute atomic E-state index is 0.0563. The summed E-state index contributed by atoms with van der Waals surface area (Å²) in [6.07, 6.45) is 0. The van der Waals surface area contributed by atoms with Crippen molar-refractivity contribution < 1.29 is 29.1 Å². The van der Waals surface area contributed by atoms with E-state index < -0.39 is 35.1 Å². The number of rotatable bonds is 7. The number of nitrogens with one attached hydrogen (secondary N) is 2. The van der Waals surface area contributed by atoms with E-state index in [1.807, 2.05) is 0 Å². The van der Waals surface area contributed by atoms with Gasteiger partial charge in [-0.05, 0) is 12.5 Å². The molecule has 14 heteroatoms. The van der Waals surface area contributed by atoms with Gasteiger partial charge < -0.3 is 20.6 Å². The summed E-state index contributed by atoms with van der Waals surface area (Å²) >= 11 is 7.85. The molecule has 1 aromatic heterocycles. The van der Waals surface area contributed by atoms with Gasteiger partial charge in [0.15, 0.2) is 10.8 Å². The quantitative estimate of drug-likeness (QED) is 0.223. The minimum Gasteiger partial charge on any atom is -0.477 e. The van der Waals surface area contributed by atoms with E-state index >= 15 is 0 Å². The van der Waals surface area contributed by atoms with Gasteiger partial charge in [0, 0.05) is 11.1 Å². The smallest absolute Gasteiger partial charge is 0.352 e.